The molecule has 0 N–H and O–H groups in total. The van der Waals surface area contributed by atoms with Gasteiger partial charge in [-0.2, -0.15) is 0 Å². The molecule has 1 aliphatic carbocycles. The third-order valence-electron chi connectivity index (χ3n) is 4.76. The van der Waals surface area contributed by atoms with E-state index in [4.69, 9.17) is 8.85 Å². The molecule has 0 spiro atoms. The van der Waals surface area contributed by atoms with Crippen LogP contribution >= 0.6 is 0 Å². The second kappa shape index (κ2) is 4.67. The minimum absolute atomic E-state index is 0.256. The summed E-state index contributed by atoms with van der Waals surface area (Å²) in [5.41, 5.74) is 0.597. The molecule has 1 rings (SSSR count). The Morgan fingerprint density at radius 3 is 1.65 bits per heavy atom. The van der Waals surface area contributed by atoms with Crippen LogP contribution in [-0.2, 0) is 8.85 Å². The first-order chi connectivity index (χ1) is 7.61. The molecule has 17 heavy (non-hydrogen) atoms. The monoisotopic (exact) mass is 258 g/mol. The molecule has 0 heterocycles. The van der Waals surface area contributed by atoms with E-state index < -0.39 is 9.28 Å². The molecule has 0 radical (unpaired) electrons. The summed E-state index contributed by atoms with van der Waals surface area (Å²) in [4.78, 5) is 0. The molecule has 2 unspecified atom stereocenters. The Labute approximate surface area is 109 Å². The van der Waals surface area contributed by atoms with Gasteiger partial charge in [0.05, 0.1) is 0 Å². The van der Waals surface area contributed by atoms with E-state index in [2.05, 4.69) is 41.5 Å². The summed E-state index contributed by atoms with van der Waals surface area (Å²) in [6.07, 6.45) is 2.58. The van der Waals surface area contributed by atoms with E-state index in [9.17, 15) is 0 Å². The normalized spacial score (nSPS) is 30.5. The zero-order valence-electron chi connectivity index (χ0n) is 12.9. The second-order valence-corrected chi connectivity index (χ2v) is 10.2. The highest BCUT2D eigenvalue weighted by molar-refractivity contribution is 6.49. The standard InChI is InChI=1S/C14H30O2Si/c1-12(2,3)11-9-10-14(11,13(4,5)6)17(15-7)16-8/h11,17H,9-10H2,1-8H3. The summed E-state index contributed by atoms with van der Waals surface area (Å²) in [7, 11) is 2.03. The van der Waals surface area contributed by atoms with Crippen molar-refractivity contribution in [3.05, 3.63) is 0 Å². The molecule has 0 aliphatic heterocycles. The average Bonchev–Trinajstić information content (AvgIpc) is 2.06. The highest BCUT2D eigenvalue weighted by atomic mass is 28.3. The Hall–Kier alpha value is 0.137. The van der Waals surface area contributed by atoms with Crippen LogP contribution in [0.5, 0.6) is 0 Å². The van der Waals surface area contributed by atoms with Gasteiger partial charge in [-0.05, 0) is 29.6 Å². The van der Waals surface area contributed by atoms with Crippen molar-refractivity contribution < 1.29 is 8.85 Å². The fraction of sp³-hybridized carbons (Fsp3) is 1.00. The molecule has 0 saturated heterocycles. The van der Waals surface area contributed by atoms with Crippen LogP contribution < -0.4 is 0 Å². The zero-order valence-corrected chi connectivity index (χ0v) is 14.0. The summed E-state index contributed by atoms with van der Waals surface area (Å²) in [6, 6.07) is 0. The highest BCUT2D eigenvalue weighted by Gasteiger charge is 2.63. The SMILES string of the molecule is CO[SiH](OC)C1(C(C)(C)C)CCC1C(C)(C)C. The highest BCUT2D eigenvalue weighted by Crippen LogP contribution is 2.70. The molecule has 1 fully saturated rings. The van der Waals surface area contributed by atoms with Crippen LogP contribution in [0, 0.1) is 16.7 Å². The van der Waals surface area contributed by atoms with Gasteiger partial charge in [0.2, 0.25) is 0 Å². The zero-order chi connectivity index (χ0) is 13.5. The van der Waals surface area contributed by atoms with E-state index in [1.165, 1.54) is 12.8 Å². The smallest absolute Gasteiger partial charge is 0.328 e. The molecule has 0 aromatic carbocycles. The van der Waals surface area contributed by atoms with Crippen LogP contribution in [0.15, 0.2) is 0 Å². The van der Waals surface area contributed by atoms with Gasteiger partial charge in [0.15, 0.2) is 0 Å². The van der Waals surface area contributed by atoms with E-state index in [0.717, 1.165) is 0 Å². The minimum Gasteiger partial charge on any atom is -0.400 e. The van der Waals surface area contributed by atoms with Crippen molar-refractivity contribution in [2.75, 3.05) is 14.2 Å². The van der Waals surface area contributed by atoms with Crippen molar-refractivity contribution in [1.29, 1.82) is 0 Å². The topological polar surface area (TPSA) is 18.5 Å². The largest absolute Gasteiger partial charge is 0.400 e. The van der Waals surface area contributed by atoms with E-state index in [-0.39, 0.29) is 10.5 Å². The van der Waals surface area contributed by atoms with Crippen LogP contribution in [-0.4, -0.2) is 23.5 Å². The maximum atomic E-state index is 5.78. The first kappa shape index (κ1) is 15.2. The van der Waals surface area contributed by atoms with Gasteiger partial charge in [-0.1, -0.05) is 41.5 Å². The lowest BCUT2D eigenvalue weighted by Crippen LogP contribution is -2.58. The maximum Gasteiger partial charge on any atom is 0.328 e. The lowest BCUT2D eigenvalue weighted by molar-refractivity contribution is -0.0289. The van der Waals surface area contributed by atoms with Gasteiger partial charge >= 0.3 is 9.28 Å². The number of hydrogen-bond donors (Lipinski definition) is 0. The quantitative estimate of drug-likeness (QED) is 0.718. The number of rotatable bonds is 3. The first-order valence-electron chi connectivity index (χ1n) is 6.67. The molecular formula is C14H30O2Si. The van der Waals surface area contributed by atoms with Gasteiger partial charge < -0.3 is 8.85 Å². The van der Waals surface area contributed by atoms with E-state index >= 15 is 0 Å². The molecule has 2 nitrogen and oxygen atoms in total. The molecular weight excluding hydrogens is 228 g/mol. The van der Waals surface area contributed by atoms with Crippen LogP contribution in [0.3, 0.4) is 0 Å². The Balaban J connectivity index is 3.14. The predicted octanol–water partition coefficient (Wildman–Crippen LogP) is 3.74. The summed E-state index contributed by atoms with van der Waals surface area (Å²) in [5.74, 6) is 0.714. The summed E-state index contributed by atoms with van der Waals surface area (Å²) in [6.45, 7) is 14.1. The van der Waals surface area contributed by atoms with Crippen LogP contribution in [0.1, 0.15) is 54.4 Å². The summed E-state index contributed by atoms with van der Waals surface area (Å²) in [5, 5.41) is 0.273. The lowest BCUT2D eigenvalue weighted by Gasteiger charge is -2.63. The molecule has 0 bridgehead atoms. The van der Waals surface area contributed by atoms with Crippen molar-refractivity contribution in [2.45, 2.75) is 59.4 Å². The minimum atomic E-state index is -1.62. The molecule has 102 valence electrons. The van der Waals surface area contributed by atoms with Gasteiger partial charge in [-0.3, -0.25) is 0 Å². The molecule has 3 heteroatoms. The van der Waals surface area contributed by atoms with Gasteiger partial charge in [-0.15, -0.1) is 0 Å². The Bertz CT molecular complexity index is 260. The summed E-state index contributed by atoms with van der Waals surface area (Å²) < 4.78 is 11.6. The summed E-state index contributed by atoms with van der Waals surface area (Å²) >= 11 is 0. The van der Waals surface area contributed by atoms with E-state index in [0.29, 0.717) is 11.3 Å². The van der Waals surface area contributed by atoms with Crippen LogP contribution in [0.25, 0.3) is 0 Å². The molecule has 0 aromatic rings. The van der Waals surface area contributed by atoms with Crippen LogP contribution in [0.2, 0.25) is 5.04 Å². The molecule has 2 atom stereocenters. The second-order valence-electron chi connectivity index (χ2n) is 7.55. The van der Waals surface area contributed by atoms with Crippen molar-refractivity contribution in [1.82, 2.24) is 0 Å². The van der Waals surface area contributed by atoms with Gasteiger partial charge in [0, 0.05) is 19.3 Å². The van der Waals surface area contributed by atoms with Crippen molar-refractivity contribution in [2.24, 2.45) is 16.7 Å². The van der Waals surface area contributed by atoms with Crippen molar-refractivity contribution in [3.8, 4) is 0 Å². The Morgan fingerprint density at radius 2 is 1.47 bits per heavy atom. The fourth-order valence-corrected chi connectivity index (χ4v) is 6.99. The Morgan fingerprint density at radius 1 is 1.00 bits per heavy atom. The number of hydrogen-bond acceptors (Lipinski definition) is 2. The van der Waals surface area contributed by atoms with E-state index in [1.807, 2.05) is 14.2 Å². The van der Waals surface area contributed by atoms with E-state index in [1.54, 1.807) is 0 Å². The van der Waals surface area contributed by atoms with Gasteiger partial charge in [0.1, 0.15) is 0 Å². The molecule has 1 aliphatic rings. The van der Waals surface area contributed by atoms with Gasteiger partial charge in [-0.25, -0.2) is 0 Å². The Kier molecular flexibility index (Phi) is 4.17. The van der Waals surface area contributed by atoms with Crippen molar-refractivity contribution in [3.63, 3.8) is 0 Å². The van der Waals surface area contributed by atoms with Crippen molar-refractivity contribution >= 4 is 9.28 Å². The molecule has 0 amide bonds. The third kappa shape index (κ3) is 2.34. The van der Waals surface area contributed by atoms with Crippen LogP contribution in [0.4, 0.5) is 0 Å². The predicted molar refractivity (Wildman–Crippen MR) is 75.5 cm³/mol. The first-order valence-corrected chi connectivity index (χ1v) is 8.19. The van der Waals surface area contributed by atoms with Gasteiger partial charge in [0.25, 0.3) is 0 Å². The maximum absolute atomic E-state index is 5.78. The average molecular weight is 258 g/mol. The fourth-order valence-electron chi connectivity index (χ4n) is 3.86. The molecule has 0 aromatic heterocycles. The lowest BCUT2D eigenvalue weighted by atomic mass is 9.53. The molecule has 1 saturated carbocycles. The third-order valence-corrected chi connectivity index (χ3v) is 8.01.